The molecule has 2 rings (SSSR count). The van der Waals surface area contributed by atoms with Crippen LogP contribution in [0.15, 0.2) is 0 Å². The lowest BCUT2D eigenvalue weighted by atomic mass is 9.66. The van der Waals surface area contributed by atoms with Crippen molar-refractivity contribution >= 4 is 0 Å². The number of hydrogen-bond acceptors (Lipinski definition) is 1. The highest BCUT2D eigenvalue weighted by Gasteiger charge is 2.37. The van der Waals surface area contributed by atoms with Crippen molar-refractivity contribution in [2.24, 2.45) is 17.6 Å². The van der Waals surface area contributed by atoms with Gasteiger partial charge in [0, 0.05) is 5.54 Å². The van der Waals surface area contributed by atoms with E-state index in [1.54, 1.807) is 0 Å². The van der Waals surface area contributed by atoms with Crippen LogP contribution in [-0.2, 0) is 0 Å². The van der Waals surface area contributed by atoms with Crippen LogP contribution >= 0.6 is 0 Å². The Balaban J connectivity index is 1.88. The number of hydrogen-bond donors (Lipinski definition) is 1. The molecule has 0 saturated heterocycles. The molecule has 2 saturated carbocycles. The second kappa shape index (κ2) is 4.86. The van der Waals surface area contributed by atoms with Crippen molar-refractivity contribution in [3.05, 3.63) is 0 Å². The molecule has 0 bridgehead atoms. The highest BCUT2D eigenvalue weighted by atomic mass is 14.8. The van der Waals surface area contributed by atoms with Gasteiger partial charge in [0.05, 0.1) is 0 Å². The normalized spacial score (nSPS) is 36.4. The third-order valence-corrected chi connectivity index (χ3v) is 5.02. The van der Waals surface area contributed by atoms with Gasteiger partial charge in [0.1, 0.15) is 0 Å². The molecule has 0 heterocycles. The van der Waals surface area contributed by atoms with E-state index in [-0.39, 0.29) is 5.54 Å². The average molecular weight is 209 g/mol. The summed E-state index contributed by atoms with van der Waals surface area (Å²) in [6, 6.07) is 0. The quantitative estimate of drug-likeness (QED) is 0.734. The summed E-state index contributed by atoms with van der Waals surface area (Å²) in [4.78, 5) is 0. The molecular weight excluding hydrogens is 182 g/mol. The first-order chi connectivity index (χ1) is 7.24. The van der Waals surface area contributed by atoms with Crippen molar-refractivity contribution in [2.75, 3.05) is 0 Å². The summed E-state index contributed by atoms with van der Waals surface area (Å²) in [6.45, 7) is 2.34. The fraction of sp³-hybridized carbons (Fsp3) is 1.00. The van der Waals surface area contributed by atoms with E-state index >= 15 is 0 Å². The van der Waals surface area contributed by atoms with Crippen molar-refractivity contribution in [3.8, 4) is 0 Å². The van der Waals surface area contributed by atoms with E-state index in [1.807, 2.05) is 0 Å². The van der Waals surface area contributed by atoms with E-state index in [1.165, 1.54) is 64.2 Å². The van der Waals surface area contributed by atoms with Gasteiger partial charge in [0.15, 0.2) is 0 Å². The largest absolute Gasteiger partial charge is 0.325 e. The predicted octanol–water partition coefficient (Wildman–Crippen LogP) is 3.86. The maximum Gasteiger partial charge on any atom is 0.0182 e. The van der Waals surface area contributed by atoms with E-state index < -0.39 is 0 Å². The molecule has 88 valence electrons. The SMILES string of the molecule is CCC1CCC(C2(N)CCCCC2)CC1. The summed E-state index contributed by atoms with van der Waals surface area (Å²) in [5.74, 6) is 1.86. The highest BCUT2D eigenvalue weighted by Crippen LogP contribution is 2.41. The summed E-state index contributed by atoms with van der Waals surface area (Å²) in [7, 11) is 0. The van der Waals surface area contributed by atoms with E-state index in [0.29, 0.717) is 0 Å². The first-order valence-electron chi connectivity index (χ1n) is 7.03. The third-order valence-electron chi connectivity index (χ3n) is 5.02. The molecule has 1 heteroatoms. The van der Waals surface area contributed by atoms with E-state index in [0.717, 1.165) is 11.8 Å². The average Bonchev–Trinajstić information content (AvgIpc) is 2.30. The van der Waals surface area contributed by atoms with Crippen molar-refractivity contribution in [2.45, 2.75) is 76.7 Å². The molecule has 0 atom stereocenters. The van der Waals surface area contributed by atoms with Gasteiger partial charge in [-0.3, -0.25) is 0 Å². The van der Waals surface area contributed by atoms with Gasteiger partial charge >= 0.3 is 0 Å². The predicted molar refractivity (Wildman–Crippen MR) is 65.7 cm³/mol. The second-order valence-electron chi connectivity index (χ2n) is 5.92. The second-order valence-corrected chi connectivity index (χ2v) is 5.92. The third kappa shape index (κ3) is 2.55. The molecule has 0 aromatic carbocycles. The molecule has 0 aliphatic heterocycles. The van der Waals surface area contributed by atoms with Crippen molar-refractivity contribution < 1.29 is 0 Å². The monoisotopic (exact) mass is 209 g/mol. The van der Waals surface area contributed by atoms with Gasteiger partial charge in [-0.1, -0.05) is 45.4 Å². The Labute approximate surface area is 94.8 Å². The van der Waals surface area contributed by atoms with Gasteiger partial charge in [0.2, 0.25) is 0 Å². The van der Waals surface area contributed by atoms with Gasteiger partial charge < -0.3 is 5.73 Å². The first kappa shape index (κ1) is 11.4. The zero-order valence-electron chi connectivity index (χ0n) is 10.3. The lowest BCUT2D eigenvalue weighted by Gasteiger charge is -2.43. The van der Waals surface area contributed by atoms with Gasteiger partial charge in [-0.2, -0.15) is 0 Å². The first-order valence-corrected chi connectivity index (χ1v) is 7.03. The zero-order chi connectivity index (χ0) is 10.7. The smallest absolute Gasteiger partial charge is 0.0182 e. The molecule has 15 heavy (non-hydrogen) atoms. The molecule has 2 fully saturated rings. The van der Waals surface area contributed by atoms with Gasteiger partial charge in [-0.15, -0.1) is 0 Å². The fourth-order valence-corrected chi connectivity index (χ4v) is 3.76. The Kier molecular flexibility index (Phi) is 3.71. The van der Waals surface area contributed by atoms with Gasteiger partial charge in [0.25, 0.3) is 0 Å². The Morgan fingerprint density at radius 3 is 2.13 bits per heavy atom. The van der Waals surface area contributed by atoms with Crippen molar-refractivity contribution in [3.63, 3.8) is 0 Å². The number of nitrogens with two attached hydrogens (primary N) is 1. The van der Waals surface area contributed by atoms with Crippen LogP contribution < -0.4 is 5.73 Å². The Hall–Kier alpha value is -0.0400. The van der Waals surface area contributed by atoms with E-state index in [2.05, 4.69) is 6.92 Å². The molecule has 0 amide bonds. The minimum absolute atomic E-state index is 0.233. The van der Waals surface area contributed by atoms with Crippen LogP contribution in [0.25, 0.3) is 0 Å². The molecule has 0 aromatic rings. The van der Waals surface area contributed by atoms with Crippen LogP contribution in [0.1, 0.15) is 71.1 Å². The number of rotatable bonds is 2. The summed E-state index contributed by atoms with van der Waals surface area (Å²) in [5, 5.41) is 0. The fourth-order valence-electron chi connectivity index (χ4n) is 3.76. The van der Waals surface area contributed by atoms with Crippen LogP contribution in [0, 0.1) is 11.8 Å². The summed E-state index contributed by atoms with van der Waals surface area (Å²) in [5.41, 5.74) is 6.85. The van der Waals surface area contributed by atoms with Crippen LogP contribution in [0.4, 0.5) is 0 Å². The summed E-state index contributed by atoms with van der Waals surface area (Å²) >= 11 is 0. The van der Waals surface area contributed by atoms with E-state index in [9.17, 15) is 0 Å². The van der Waals surface area contributed by atoms with Crippen LogP contribution in [0.5, 0.6) is 0 Å². The lowest BCUT2D eigenvalue weighted by Crippen LogP contribution is -2.49. The molecule has 2 N–H and O–H groups in total. The molecule has 0 aromatic heterocycles. The molecule has 1 nitrogen and oxygen atoms in total. The van der Waals surface area contributed by atoms with E-state index in [4.69, 9.17) is 5.73 Å². The highest BCUT2D eigenvalue weighted by molar-refractivity contribution is 4.95. The standard InChI is InChI=1S/C14H27N/c1-2-12-6-8-13(9-7-12)14(15)10-4-3-5-11-14/h12-13H,2-11,15H2,1H3. The Morgan fingerprint density at radius 2 is 1.60 bits per heavy atom. The van der Waals surface area contributed by atoms with Crippen LogP contribution in [0.3, 0.4) is 0 Å². The maximum atomic E-state index is 6.62. The maximum absolute atomic E-state index is 6.62. The van der Waals surface area contributed by atoms with Crippen LogP contribution in [0.2, 0.25) is 0 Å². The molecule has 2 aliphatic carbocycles. The minimum Gasteiger partial charge on any atom is -0.325 e. The molecular formula is C14H27N. The Morgan fingerprint density at radius 1 is 1.00 bits per heavy atom. The van der Waals surface area contributed by atoms with Gasteiger partial charge in [-0.25, -0.2) is 0 Å². The van der Waals surface area contributed by atoms with Gasteiger partial charge in [-0.05, 0) is 37.5 Å². The topological polar surface area (TPSA) is 26.0 Å². The lowest BCUT2D eigenvalue weighted by molar-refractivity contribution is 0.132. The zero-order valence-corrected chi connectivity index (χ0v) is 10.3. The molecule has 0 radical (unpaired) electrons. The molecule has 0 spiro atoms. The summed E-state index contributed by atoms with van der Waals surface area (Å²) in [6.07, 6.45) is 13.9. The minimum atomic E-state index is 0.233. The Bertz CT molecular complexity index is 186. The van der Waals surface area contributed by atoms with Crippen LogP contribution in [-0.4, -0.2) is 5.54 Å². The van der Waals surface area contributed by atoms with Crippen molar-refractivity contribution in [1.82, 2.24) is 0 Å². The van der Waals surface area contributed by atoms with Crippen molar-refractivity contribution in [1.29, 1.82) is 0 Å². The summed E-state index contributed by atoms with van der Waals surface area (Å²) < 4.78 is 0. The molecule has 0 unspecified atom stereocenters. The molecule has 2 aliphatic rings.